The molecule has 1 fully saturated rings. The van der Waals surface area contributed by atoms with Crippen LogP contribution in [0.1, 0.15) is 17.3 Å². The van der Waals surface area contributed by atoms with Crippen LogP contribution >= 0.6 is 0 Å². The lowest BCUT2D eigenvalue weighted by atomic mass is 10.0. The van der Waals surface area contributed by atoms with Gasteiger partial charge in [0.25, 0.3) is 0 Å². The van der Waals surface area contributed by atoms with E-state index in [4.69, 9.17) is 0 Å². The fraction of sp³-hybridized carbons (Fsp3) is 0.185. The zero-order valence-electron chi connectivity index (χ0n) is 18.6. The van der Waals surface area contributed by atoms with E-state index in [1.807, 2.05) is 28.8 Å². The molecule has 4 heterocycles. The van der Waals surface area contributed by atoms with E-state index >= 15 is 0 Å². The van der Waals surface area contributed by atoms with E-state index in [9.17, 15) is 8.78 Å². The summed E-state index contributed by atoms with van der Waals surface area (Å²) in [7, 11) is 0. The van der Waals surface area contributed by atoms with E-state index in [0.717, 1.165) is 48.2 Å². The monoisotopic (exact) mass is 455 g/mol. The molecule has 1 aliphatic heterocycles. The highest BCUT2D eigenvalue weighted by molar-refractivity contribution is 5.94. The summed E-state index contributed by atoms with van der Waals surface area (Å²) < 4.78 is 30.4. The Morgan fingerprint density at radius 1 is 0.971 bits per heavy atom. The third kappa shape index (κ3) is 3.63. The van der Waals surface area contributed by atoms with Gasteiger partial charge < -0.3 is 10.6 Å². The summed E-state index contributed by atoms with van der Waals surface area (Å²) >= 11 is 0. The number of halogens is 2. The minimum Gasteiger partial charge on any atom is -0.314 e. The SMILES string of the molecule is Cc1cc(-c2cnc3cc(-c4ccc(C5CNCCN5)cc4)ccn23)c2cc(F)cc(F)c2n1. The maximum absolute atomic E-state index is 14.4. The quantitative estimate of drug-likeness (QED) is 0.400. The van der Waals surface area contributed by atoms with Crippen molar-refractivity contribution in [2.45, 2.75) is 13.0 Å². The summed E-state index contributed by atoms with van der Waals surface area (Å²) in [5, 5.41) is 7.38. The van der Waals surface area contributed by atoms with E-state index in [1.165, 1.54) is 11.6 Å². The van der Waals surface area contributed by atoms with Crippen molar-refractivity contribution >= 4 is 16.6 Å². The molecule has 0 aliphatic carbocycles. The van der Waals surface area contributed by atoms with Crippen LogP contribution in [0.4, 0.5) is 8.78 Å². The number of hydrogen-bond donors (Lipinski definition) is 2. The number of nitrogens with zero attached hydrogens (tertiary/aromatic N) is 3. The van der Waals surface area contributed by atoms with E-state index in [0.29, 0.717) is 22.7 Å². The highest BCUT2D eigenvalue weighted by Crippen LogP contribution is 2.32. The molecule has 5 nitrogen and oxygen atoms in total. The second-order valence-electron chi connectivity index (χ2n) is 8.71. The molecule has 34 heavy (non-hydrogen) atoms. The van der Waals surface area contributed by atoms with Gasteiger partial charge in [-0.3, -0.25) is 4.40 Å². The van der Waals surface area contributed by atoms with Crippen LogP contribution in [0.15, 0.2) is 67.0 Å². The zero-order valence-corrected chi connectivity index (χ0v) is 18.6. The summed E-state index contributed by atoms with van der Waals surface area (Å²) in [6.07, 6.45) is 3.69. The molecule has 7 heteroatoms. The van der Waals surface area contributed by atoms with Crippen molar-refractivity contribution in [3.63, 3.8) is 0 Å². The Bertz CT molecular complexity index is 1520. The van der Waals surface area contributed by atoms with Gasteiger partial charge in [0.1, 0.15) is 17.0 Å². The largest absolute Gasteiger partial charge is 0.314 e. The number of nitrogens with one attached hydrogen (secondary N) is 2. The highest BCUT2D eigenvalue weighted by atomic mass is 19.1. The third-order valence-corrected chi connectivity index (χ3v) is 6.44. The lowest BCUT2D eigenvalue weighted by Crippen LogP contribution is -2.42. The lowest BCUT2D eigenvalue weighted by molar-refractivity contribution is 0.430. The van der Waals surface area contributed by atoms with Gasteiger partial charge in [0.2, 0.25) is 0 Å². The number of fused-ring (bicyclic) bond motifs is 2. The fourth-order valence-corrected chi connectivity index (χ4v) is 4.75. The van der Waals surface area contributed by atoms with Gasteiger partial charge >= 0.3 is 0 Å². The number of benzene rings is 2. The van der Waals surface area contributed by atoms with Gasteiger partial charge in [-0.05, 0) is 47.9 Å². The molecule has 2 N–H and O–H groups in total. The zero-order chi connectivity index (χ0) is 23.2. The molecule has 3 aromatic heterocycles. The molecule has 1 saturated heterocycles. The maximum Gasteiger partial charge on any atom is 0.152 e. The van der Waals surface area contributed by atoms with Crippen LogP contribution in [0.3, 0.4) is 0 Å². The topological polar surface area (TPSA) is 54.2 Å². The van der Waals surface area contributed by atoms with E-state index in [2.05, 4.69) is 44.9 Å². The number of rotatable bonds is 3. The average Bonchev–Trinajstić information content (AvgIpc) is 3.28. The Morgan fingerprint density at radius 2 is 1.82 bits per heavy atom. The predicted molar refractivity (Wildman–Crippen MR) is 130 cm³/mol. The van der Waals surface area contributed by atoms with Crippen LogP contribution in [0.25, 0.3) is 38.9 Å². The molecule has 5 aromatic rings. The Kier molecular flexibility index (Phi) is 5.08. The minimum absolute atomic E-state index is 0.158. The van der Waals surface area contributed by atoms with Gasteiger partial charge in [-0.15, -0.1) is 0 Å². The fourth-order valence-electron chi connectivity index (χ4n) is 4.75. The van der Waals surface area contributed by atoms with Crippen LogP contribution in [0.2, 0.25) is 0 Å². The van der Waals surface area contributed by atoms with Crippen molar-refractivity contribution in [2.75, 3.05) is 19.6 Å². The number of hydrogen-bond acceptors (Lipinski definition) is 4. The Balaban J connectivity index is 1.39. The normalized spacial score (nSPS) is 16.4. The molecule has 1 aliphatic rings. The molecule has 6 rings (SSSR count). The van der Waals surface area contributed by atoms with E-state index in [1.54, 1.807) is 13.1 Å². The minimum atomic E-state index is -0.668. The van der Waals surface area contributed by atoms with Gasteiger partial charge in [0.05, 0.1) is 11.9 Å². The molecule has 1 unspecified atom stereocenters. The first-order valence-electron chi connectivity index (χ1n) is 11.4. The van der Waals surface area contributed by atoms with Crippen molar-refractivity contribution in [1.29, 1.82) is 0 Å². The molecule has 0 saturated carbocycles. The smallest absolute Gasteiger partial charge is 0.152 e. The number of aryl methyl sites for hydroxylation is 1. The second kappa shape index (κ2) is 8.27. The van der Waals surface area contributed by atoms with Crippen LogP contribution in [-0.2, 0) is 0 Å². The molecule has 170 valence electrons. The van der Waals surface area contributed by atoms with Crippen LogP contribution in [-0.4, -0.2) is 34.0 Å². The van der Waals surface area contributed by atoms with Gasteiger partial charge in [-0.2, -0.15) is 0 Å². The predicted octanol–water partition coefficient (Wildman–Crippen LogP) is 5.04. The Morgan fingerprint density at radius 3 is 2.62 bits per heavy atom. The molecular formula is C27H23F2N5. The van der Waals surface area contributed by atoms with Crippen molar-refractivity contribution in [3.8, 4) is 22.4 Å². The molecule has 0 radical (unpaired) electrons. The van der Waals surface area contributed by atoms with Crippen molar-refractivity contribution in [2.24, 2.45) is 0 Å². The first kappa shape index (κ1) is 20.9. The van der Waals surface area contributed by atoms with Gasteiger partial charge in [0.15, 0.2) is 5.82 Å². The van der Waals surface area contributed by atoms with E-state index < -0.39 is 11.6 Å². The summed E-state index contributed by atoms with van der Waals surface area (Å²) in [6.45, 7) is 4.70. The van der Waals surface area contributed by atoms with Gasteiger partial charge in [-0.25, -0.2) is 18.7 Å². The van der Waals surface area contributed by atoms with E-state index in [-0.39, 0.29) is 5.52 Å². The third-order valence-electron chi connectivity index (χ3n) is 6.44. The van der Waals surface area contributed by atoms with Crippen molar-refractivity contribution in [3.05, 3.63) is 89.9 Å². The Hall–Kier alpha value is -3.68. The Labute approximate surface area is 195 Å². The molecule has 0 spiro atoms. The van der Waals surface area contributed by atoms with Gasteiger partial charge in [-0.1, -0.05) is 24.3 Å². The van der Waals surface area contributed by atoms with Crippen molar-refractivity contribution < 1.29 is 8.78 Å². The van der Waals surface area contributed by atoms with Crippen LogP contribution in [0.5, 0.6) is 0 Å². The summed E-state index contributed by atoms with van der Waals surface area (Å²) in [6, 6.07) is 17.0. The lowest BCUT2D eigenvalue weighted by Gasteiger charge is -2.25. The first-order chi connectivity index (χ1) is 16.6. The number of imidazole rings is 1. The van der Waals surface area contributed by atoms with Crippen LogP contribution in [0, 0.1) is 18.6 Å². The average molecular weight is 456 g/mol. The first-order valence-corrected chi connectivity index (χ1v) is 11.4. The molecule has 0 bridgehead atoms. The molecule has 0 amide bonds. The standard InChI is InChI=1S/C27H23F2N5/c1-16-10-21(22-12-20(28)13-23(29)27(22)33-16)25-15-32-26-11-19(6-9-34(25)26)17-2-4-18(5-3-17)24-14-30-7-8-31-24/h2-6,9-13,15,24,30-31H,7-8,14H2,1H3. The maximum atomic E-state index is 14.4. The summed E-state index contributed by atoms with van der Waals surface area (Å²) in [5.74, 6) is -1.30. The number of aromatic nitrogens is 3. The summed E-state index contributed by atoms with van der Waals surface area (Å²) in [5.41, 5.74) is 6.45. The van der Waals surface area contributed by atoms with Crippen LogP contribution < -0.4 is 10.6 Å². The van der Waals surface area contributed by atoms with Crippen molar-refractivity contribution in [1.82, 2.24) is 25.0 Å². The second-order valence-corrected chi connectivity index (χ2v) is 8.71. The van der Waals surface area contributed by atoms with Gasteiger partial charge in [0, 0.05) is 54.6 Å². The summed E-state index contributed by atoms with van der Waals surface area (Å²) in [4.78, 5) is 8.87. The number of piperazine rings is 1. The number of pyridine rings is 2. The highest BCUT2D eigenvalue weighted by Gasteiger charge is 2.16. The molecular weight excluding hydrogens is 432 g/mol. The molecule has 1 atom stereocenters. The molecule has 2 aromatic carbocycles.